The molecule has 1 aromatic rings. The summed E-state index contributed by atoms with van der Waals surface area (Å²) in [6, 6.07) is 3.95. The van der Waals surface area contributed by atoms with E-state index < -0.39 is 5.97 Å². The number of nitriles is 1. The lowest BCUT2D eigenvalue weighted by Crippen LogP contribution is -2.30. The number of carbonyl (C=O) groups is 2. The Kier molecular flexibility index (Phi) is 6.37. The highest BCUT2D eigenvalue weighted by Crippen LogP contribution is 2.19. The zero-order valence-electron chi connectivity index (χ0n) is 14.8. The Bertz CT molecular complexity index is 723. The Balaban J connectivity index is 2.04. The summed E-state index contributed by atoms with van der Waals surface area (Å²) >= 11 is 0. The van der Waals surface area contributed by atoms with Crippen molar-refractivity contribution in [1.82, 2.24) is 9.88 Å². The predicted molar refractivity (Wildman–Crippen MR) is 91.5 cm³/mol. The molecule has 0 atom stereocenters. The fraction of sp³-hybridized carbons (Fsp3) is 0.500. The molecular formula is C18H23N3O4. The lowest BCUT2D eigenvalue weighted by Gasteiger charge is -2.08. The SMILES string of the molecule is COCCn1c(C)cc(/C=C(\C#N)C(=O)OCC(=O)NC2CC2)c1C. The number of carbonyl (C=O) groups excluding carboxylic acids is 2. The van der Waals surface area contributed by atoms with E-state index in [1.165, 1.54) is 6.08 Å². The normalized spacial score (nSPS) is 14.1. The van der Waals surface area contributed by atoms with Crippen molar-refractivity contribution in [2.24, 2.45) is 0 Å². The summed E-state index contributed by atoms with van der Waals surface area (Å²) in [5, 5.41) is 12.0. The molecule has 0 aromatic carbocycles. The molecule has 0 saturated heterocycles. The second kappa shape index (κ2) is 8.49. The first-order valence-corrected chi connectivity index (χ1v) is 8.20. The van der Waals surface area contributed by atoms with Gasteiger partial charge in [-0.2, -0.15) is 5.26 Å². The second-order valence-corrected chi connectivity index (χ2v) is 6.06. The van der Waals surface area contributed by atoms with Gasteiger partial charge in [-0.1, -0.05) is 0 Å². The Morgan fingerprint density at radius 1 is 1.44 bits per heavy atom. The van der Waals surface area contributed by atoms with Crippen LogP contribution in [0.15, 0.2) is 11.6 Å². The first-order valence-electron chi connectivity index (χ1n) is 8.20. The topological polar surface area (TPSA) is 93.3 Å². The highest BCUT2D eigenvalue weighted by atomic mass is 16.5. The van der Waals surface area contributed by atoms with Crippen LogP contribution in [-0.2, 0) is 25.6 Å². The molecule has 0 bridgehead atoms. The van der Waals surface area contributed by atoms with Crippen molar-refractivity contribution >= 4 is 18.0 Å². The van der Waals surface area contributed by atoms with Crippen molar-refractivity contribution < 1.29 is 19.1 Å². The van der Waals surface area contributed by atoms with Crippen LogP contribution in [0.25, 0.3) is 6.08 Å². The van der Waals surface area contributed by atoms with E-state index in [0.29, 0.717) is 13.2 Å². The van der Waals surface area contributed by atoms with Crippen molar-refractivity contribution in [1.29, 1.82) is 5.26 Å². The van der Waals surface area contributed by atoms with E-state index >= 15 is 0 Å². The predicted octanol–water partition coefficient (Wildman–Crippen LogP) is 1.48. The van der Waals surface area contributed by atoms with Gasteiger partial charge in [0.05, 0.1) is 6.61 Å². The van der Waals surface area contributed by atoms with Crippen molar-refractivity contribution in [2.75, 3.05) is 20.3 Å². The highest BCUT2D eigenvalue weighted by molar-refractivity contribution is 5.99. The maximum absolute atomic E-state index is 12.0. The van der Waals surface area contributed by atoms with Crippen LogP contribution in [0, 0.1) is 25.2 Å². The standard InChI is InChI=1S/C18H23N3O4/c1-12-8-14(13(2)21(12)6-7-24-3)9-15(10-19)18(23)25-11-17(22)20-16-4-5-16/h8-9,16H,4-7,11H2,1-3H3,(H,20,22)/b15-9+. The molecule has 0 spiro atoms. The molecule has 1 heterocycles. The summed E-state index contributed by atoms with van der Waals surface area (Å²) < 4.78 is 12.1. The Labute approximate surface area is 147 Å². The fourth-order valence-corrected chi connectivity index (χ4v) is 2.50. The van der Waals surface area contributed by atoms with Crippen LogP contribution in [0.4, 0.5) is 0 Å². The Morgan fingerprint density at radius 3 is 2.76 bits per heavy atom. The van der Waals surface area contributed by atoms with Gasteiger partial charge in [-0.05, 0) is 44.4 Å². The summed E-state index contributed by atoms with van der Waals surface area (Å²) in [7, 11) is 1.64. The summed E-state index contributed by atoms with van der Waals surface area (Å²) in [4.78, 5) is 23.6. The smallest absolute Gasteiger partial charge is 0.349 e. The molecule has 1 aliphatic carbocycles. The van der Waals surface area contributed by atoms with E-state index in [1.54, 1.807) is 7.11 Å². The molecule has 1 N–H and O–H groups in total. The molecule has 7 nitrogen and oxygen atoms in total. The molecular weight excluding hydrogens is 322 g/mol. The molecule has 0 aliphatic heterocycles. The quantitative estimate of drug-likeness (QED) is 0.438. The van der Waals surface area contributed by atoms with Crippen LogP contribution in [-0.4, -0.2) is 42.8 Å². The highest BCUT2D eigenvalue weighted by Gasteiger charge is 2.24. The molecule has 0 unspecified atom stereocenters. The molecule has 1 saturated carbocycles. The third-order valence-corrected chi connectivity index (χ3v) is 4.05. The number of nitrogens with one attached hydrogen (secondary N) is 1. The lowest BCUT2D eigenvalue weighted by atomic mass is 10.1. The molecule has 1 aliphatic rings. The Hall–Kier alpha value is -2.59. The number of rotatable bonds is 8. The van der Waals surface area contributed by atoms with Crippen LogP contribution in [0.5, 0.6) is 0 Å². The zero-order valence-corrected chi connectivity index (χ0v) is 14.8. The minimum Gasteiger partial charge on any atom is -0.451 e. The van der Waals surface area contributed by atoms with E-state index in [0.717, 1.165) is 29.8 Å². The minimum absolute atomic E-state index is 0.133. The largest absolute Gasteiger partial charge is 0.451 e. The number of hydrogen-bond donors (Lipinski definition) is 1. The number of amides is 1. The molecule has 7 heteroatoms. The first kappa shape index (κ1) is 18.7. The van der Waals surface area contributed by atoms with Crippen molar-refractivity contribution in [3.63, 3.8) is 0 Å². The fourth-order valence-electron chi connectivity index (χ4n) is 2.50. The maximum Gasteiger partial charge on any atom is 0.349 e. The lowest BCUT2D eigenvalue weighted by molar-refractivity contribution is -0.144. The third kappa shape index (κ3) is 5.19. The van der Waals surface area contributed by atoms with Crippen LogP contribution in [0.1, 0.15) is 29.8 Å². The number of ether oxygens (including phenoxy) is 2. The number of aryl methyl sites for hydroxylation is 1. The summed E-state index contributed by atoms with van der Waals surface area (Å²) in [6.07, 6.45) is 3.41. The van der Waals surface area contributed by atoms with Gasteiger partial charge in [0.25, 0.3) is 5.91 Å². The van der Waals surface area contributed by atoms with Crippen LogP contribution in [0.2, 0.25) is 0 Å². The van der Waals surface area contributed by atoms with E-state index in [4.69, 9.17) is 9.47 Å². The van der Waals surface area contributed by atoms with Gasteiger partial charge in [-0.3, -0.25) is 4.79 Å². The van der Waals surface area contributed by atoms with Gasteiger partial charge >= 0.3 is 5.97 Å². The summed E-state index contributed by atoms with van der Waals surface area (Å²) in [5.74, 6) is -1.14. The van der Waals surface area contributed by atoms with Crippen molar-refractivity contribution in [3.05, 3.63) is 28.6 Å². The van der Waals surface area contributed by atoms with Crippen molar-refractivity contribution in [3.8, 4) is 6.07 Å². The number of aromatic nitrogens is 1. The van der Waals surface area contributed by atoms with Crippen molar-refractivity contribution in [2.45, 2.75) is 39.3 Å². The number of hydrogen-bond acceptors (Lipinski definition) is 5. The number of nitrogens with zero attached hydrogens (tertiary/aromatic N) is 2. The zero-order chi connectivity index (χ0) is 18.4. The first-order chi connectivity index (χ1) is 12.0. The average molecular weight is 345 g/mol. The maximum atomic E-state index is 12.0. The monoisotopic (exact) mass is 345 g/mol. The molecule has 1 aromatic heterocycles. The van der Waals surface area contributed by atoms with Gasteiger partial charge in [-0.15, -0.1) is 0 Å². The van der Waals surface area contributed by atoms with Crippen LogP contribution < -0.4 is 5.32 Å². The van der Waals surface area contributed by atoms with E-state index in [1.807, 2.05) is 26.0 Å². The molecule has 25 heavy (non-hydrogen) atoms. The number of esters is 1. The van der Waals surface area contributed by atoms with E-state index in [-0.39, 0.29) is 24.1 Å². The van der Waals surface area contributed by atoms with Gasteiger partial charge in [0, 0.05) is 31.1 Å². The third-order valence-electron chi connectivity index (χ3n) is 4.05. The minimum atomic E-state index is -0.796. The second-order valence-electron chi connectivity index (χ2n) is 6.06. The molecule has 2 rings (SSSR count). The van der Waals surface area contributed by atoms with Gasteiger partial charge in [0.15, 0.2) is 6.61 Å². The van der Waals surface area contributed by atoms with Gasteiger partial charge < -0.3 is 19.4 Å². The summed E-state index contributed by atoms with van der Waals surface area (Å²) in [6.45, 7) is 4.75. The van der Waals surface area contributed by atoms with Gasteiger partial charge in [0.1, 0.15) is 11.6 Å². The average Bonchev–Trinajstić information content (AvgIpc) is 3.35. The van der Waals surface area contributed by atoms with E-state index in [9.17, 15) is 14.9 Å². The van der Waals surface area contributed by atoms with Gasteiger partial charge in [-0.25, -0.2) is 4.79 Å². The van der Waals surface area contributed by atoms with E-state index in [2.05, 4.69) is 9.88 Å². The summed E-state index contributed by atoms with van der Waals surface area (Å²) in [5.41, 5.74) is 2.58. The molecule has 1 fully saturated rings. The number of methoxy groups -OCH3 is 1. The Morgan fingerprint density at radius 2 is 2.16 bits per heavy atom. The van der Waals surface area contributed by atoms with Crippen LogP contribution in [0.3, 0.4) is 0 Å². The molecule has 134 valence electrons. The van der Waals surface area contributed by atoms with Gasteiger partial charge in [0.2, 0.25) is 0 Å². The molecule has 0 radical (unpaired) electrons. The van der Waals surface area contributed by atoms with Crippen LogP contribution >= 0.6 is 0 Å². The molecule has 1 amide bonds.